The fourth-order valence-corrected chi connectivity index (χ4v) is 3.75. The number of fused-ring (bicyclic) bond motifs is 2. The van der Waals surface area contributed by atoms with E-state index < -0.39 is 6.10 Å². The minimum absolute atomic E-state index is 0. The fraction of sp³-hybridized carbons (Fsp3) is 0.600. The van der Waals surface area contributed by atoms with Crippen molar-refractivity contribution in [3.8, 4) is 0 Å². The van der Waals surface area contributed by atoms with E-state index in [4.69, 9.17) is 4.74 Å². The zero-order valence-electron chi connectivity index (χ0n) is 11.6. The molecule has 0 saturated carbocycles. The average molecular weight is 302 g/mol. The maximum Gasteiger partial charge on any atom is 0.123 e. The van der Waals surface area contributed by atoms with Gasteiger partial charge >= 0.3 is 0 Å². The number of aliphatic hydroxyl groups is 1. The first-order valence-electron chi connectivity index (χ1n) is 6.81. The fourth-order valence-electron chi connectivity index (χ4n) is 3.75. The topological polar surface area (TPSA) is 41.5 Å². The molecule has 2 aliphatic heterocycles. The second-order valence-electron chi connectivity index (χ2n) is 5.95. The molecule has 2 fully saturated rings. The van der Waals surface area contributed by atoms with Gasteiger partial charge in [-0.05, 0) is 43.4 Å². The summed E-state index contributed by atoms with van der Waals surface area (Å²) in [7, 11) is 1.71. The van der Waals surface area contributed by atoms with Gasteiger partial charge in [-0.25, -0.2) is 4.39 Å². The lowest BCUT2D eigenvalue weighted by Gasteiger charge is -2.32. The van der Waals surface area contributed by atoms with Crippen molar-refractivity contribution in [3.05, 3.63) is 35.6 Å². The lowest BCUT2D eigenvalue weighted by Crippen LogP contribution is -2.48. The summed E-state index contributed by atoms with van der Waals surface area (Å²) < 4.78 is 18.6. The van der Waals surface area contributed by atoms with Gasteiger partial charge in [0.1, 0.15) is 5.82 Å². The average Bonchev–Trinajstić information content (AvgIpc) is 2.95. The minimum Gasteiger partial charge on any atom is -0.386 e. The molecule has 1 aromatic carbocycles. The van der Waals surface area contributed by atoms with Gasteiger partial charge in [0.15, 0.2) is 0 Å². The van der Waals surface area contributed by atoms with Crippen molar-refractivity contribution in [2.24, 2.45) is 0 Å². The third kappa shape index (κ3) is 2.46. The highest BCUT2D eigenvalue weighted by molar-refractivity contribution is 5.85. The van der Waals surface area contributed by atoms with E-state index in [-0.39, 0.29) is 29.3 Å². The number of methoxy groups -OCH3 is 1. The molecule has 2 heterocycles. The minimum atomic E-state index is -0.663. The quantitative estimate of drug-likeness (QED) is 0.898. The van der Waals surface area contributed by atoms with Crippen molar-refractivity contribution < 1.29 is 14.2 Å². The molecule has 0 radical (unpaired) electrons. The second kappa shape index (κ2) is 5.60. The number of aliphatic hydroxyl groups excluding tert-OH is 1. The molecule has 0 unspecified atom stereocenters. The summed E-state index contributed by atoms with van der Waals surface area (Å²) in [6.07, 6.45) is 3.17. The Morgan fingerprint density at radius 1 is 1.35 bits per heavy atom. The molecular formula is C15H21ClFNO2. The number of benzene rings is 1. The van der Waals surface area contributed by atoms with Crippen LogP contribution in [0, 0.1) is 5.82 Å². The summed E-state index contributed by atoms with van der Waals surface area (Å²) in [5.74, 6) is -0.299. The van der Waals surface area contributed by atoms with Gasteiger partial charge in [0.05, 0.1) is 12.7 Å². The molecule has 0 spiro atoms. The van der Waals surface area contributed by atoms with Crippen LogP contribution >= 0.6 is 12.4 Å². The Hall–Kier alpha value is -0.680. The van der Waals surface area contributed by atoms with Crippen molar-refractivity contribution in [1.82, 2.24) is 5.32 Å². The van der Waals surface area contributed by atoms with Crippen LogP contribution in [0.1, 0.15) is 37.4 Å². The predicted molar refractivity (Wildman–Crippen MR) is 77.5 cm³/mol. The molecule has 0 amide bonds. The molecule has 2 aliphatic rings. The lowest BCUT2D eigenvalue weighted by atomic mass is 9.78. The van der Waals surface area contributed by atoms with Crippen LogP contribution in [-0.2, 0) is 4.74 Å². The summed E-state index contributed by atoms with van der Waals surface area (Å²) in [4.78, 5) is 0. The van der Waals surface area contributed by atoms with Crippen LogP contribution < -0.4 is 5.32 Å². The van der Waals surface area contributed by atoms with Crippen LogP contribution in [-0.4, -0.2) is 29.9 Å². The summed E-state index contributed by atoms with van der Waals surface area (Å²) in [6, 6.07) is 6.27. The molecule has 1 aromatic rings. The van der Waals surface area contributed by atoms with Gasteiger partial charge in [0.25, 0.3) is 0 Å². The Bertz CT molecular complexity index is 475. The molecule has 20 heavy (non-hydrogen) atoms. The maximum atomic E-state index is 13.3. The molecule has 3 nitrogen and oxygen atoms in total. The number of halogens is 2. The molecule has 1 atom stereocenters. The number of nitrogens with one attached hydrogen (secondary N) is 1. The van der Waals surface area contributed by atoms with Gasteiger partial charge in [-0.3, -0.25) is 0 Å². The van der Waals surface area contributed by atoms with E-state index in [1.807, 2.05) is 0 Å². The number of rotatable bonds is 4. The Kier molecular flexibility index (Phi) is 4.40. The molecule has 2 bridgehead atoms. The van der Waals surface area contributed by atoms with E-state index in [1.165, 1.54) is 12.1 Å². The van der Waals surface area contributed by atoms with Crippen LogP contribution in [0.3, 0.4) is 0 Å². The van der Waals surface area contributed by atoms with Gasteiger partial charge in [-0.1, -0.05) is 12.1 Å². The number of hydrogen-bond acceptors (Lipinski definition) is 3. The van der Waals surface area contributed by atoms with Crippen LogP contribution in [0.5, 0.6) is 0 Å². The normalized spacial score (nSPS) is 33.0. The van der Waals surface area contributed by atoms with Crippen LogP contribution in [0.2, 0.25) is 0 Å². The molecule has 0 aromatic heterocycles. The van der Waals surface area contributed by atoms with Crippen molar-refractivity contribution >= 4 is 12.4 Å². The Balaban J connectivity index is 0.00000147. The molecule has 0 aliphatic carbocycles. The lowest BCUT2D eigenvalue weighted by molar-refractivity contribution is 0.0719. The molecule has 2 N–H and O–H groups in total. The standard InChI is InChI=1S/C15H20FNO2.ClH/c1-19-10-14-5-7-15(17-14,8-6-14)13(18)11-3-2-4-12(16)9-11;/h2-4,9,13,17-18H,5-8,10H2,1H3;1H/t13-,14?,15?;/m0./s1. The van der Waals surface area contributed by atoms with E-state index >= 15 is 0 Å². The predicted octanol–water partition coefficient (Wildman–Crippen LogP) is 2.58. The molecule has 3 rings (SSSR count). The van der Waals surface area contributed by atoms with Gasteiger partial charge in [0, 0.05) is 18.2 Å². The van der Waals surface area contributed by atoms with Gasteiger partial charge < -0.3 is 15.2 Å². The van der Waals surface area contributed by atoms with Crippen LogP contribution in [0.4, 0.5) is 4.39 Å². The molecule has 2 saturated heterocycles. The summed E-state index contributed by atoms with van der Waals surface area (Å²) in [5, 5.41) is 14.2. The highest BCUT2D eigenvalue weighted by Crippen LogP contribution is 2.50. The Morgan fingerprint density at radius 2 is 2.05 bits per heavy atom. The highest BCUT2D eigenvalue weighted by Gasteiger charge is 2.57. The summed E-state index contributed by atoms with van der Waals surface area (Å²) >= 11 is 0. The summed E-state index contributed by atoms with van der Waals surface area (Å²) in [5.41, 5.74) is 0.345. The van der Waals surface area contributed by atoms with Crippen molar-refractivity contribution in [3.63, 3.8) is 0 Å². The largest absolute Gasteiger partial charge is 0.386 e. The zero-order valence-corrected chi connectivity index (χ0v) is 12.4. The second-order valence-corrected chi connectivity index (χ2v) is 5.95. The Labute approximate surface area is 124 Å². The van der Waals surface area contributed by atoms with Crippen LogP contribution in [0.25, 0.3) is 0 Å². The monoisotopic (exact) mass is 301 g/mol. The maximum absolute atomic E-state index is 13.3. The SMILES string of the molecule is COCC12CCC([C@@H](O)c3cccc(F)c3)(CC1)N2.Cl. The third-order valence-electron chi connectivity index (χ3n) is 4.72. The van der Waals surface area contributed by atoms with E-state index in [2.05, 4.69) is 5.32 Å². The zero-order chi connectivity index (χ0) is 13.5. The van der Waals surface area contributed by atoms with Crippen LogP contribution in [0.15, 0.2) is 24.3 Å². The van der Waals surface area contributed by atoms with E-state index in [0.717, 1.165) is 25.7 Å². The van der Waals surface area contributed by atoms with Gasteiger partial charge in [-0.2, -0.15) is 0 Å². The van der Waals surface area contributed by atoms with Crippen molar-refractivity contribution in [2.45, 2.75) is 42.9 Å². The molecule has 112 valence electrons. The first-order chi connectivity index (χ1) is 9.09. The number of hydrogen-bond donors (Lipinski definition) is 2. The van der Waals surface area contributed by atoms with Gasteiger partial charge in [0.2, 0.25) is 0 Å². The first kappa shape index (κ1) is 15.7. The van der Waals surface area contributed by atoms with Crippen molar-refractivity contribution in [1.29, 1.82) is 0 Å². The number of ether oxygens (including phenoxy) is 1. The Morgan fingerprint density at radius 3 is 2.65 bits per heavy atom. The first-order valence-corrected chi connectivity index (χ1v) is 6.81. The van der Waals surface area contributed by atoms with Crippen molar-refractivity contribution in [2.75, 3.05) is 13.7 Å². The van der Waals surface area contributed by atoms with E-state index in [1.54, 1.807) is 19.2 Å². The highest BCUT2D eigenvalue weighted by atomic mass is 35.5. The van der Waals surface area contributed by atoms with Gasteiger partial charge in [-0.15, -0.1) is 12.4 Å². The third-order valence-corrected chi connectivity index (χ3v) is 4.72. The van der Waals surface area contributed by atoms with E-state index in [9.17, 15) is 9.50 Å². The smallest absolute Gasteiger partial charge is 0.123 e. The molecule has 5 heteroatoms. The molecular weight excluding hydrogens is 281 g/mol. The van der Waals surface area contributed by atoms with E-state index in [0.29, 0.717) is 12.2 Å². The summed E-state index contributed by atoms with van der Waals surface area (Å²) in [6.45, 7) is 0.671.